The molecule has 0 fully saturated rings. The van der Waals surface area contributed by atoms with Gasteiger partial charge in [-0.2, -0.15) is 4.31 Å². The van der Waals surface area contributed by atoms with Crippen molar-refractivity contribution in [3.05, 3.63) is 64.1 Å². The van der Waals surface area contributed by atoms with Crippen molar-refractivity contribution < 1.29 is 22.7 Å². The minimum Gasteiger partial charge on any atom is -0.452 e. The summed E-state index contributed by atoms with van der Waals surface area (Å²) in [6.07, 6.45) is 2.67. The van der Waals surface area contributed by atoms with Crippen molar-refractivity contribution in [2.75, 3.05) is 25.0 Å². The Kier molecular flexibility index (Phi) is 9.06. The molecule has 0 aliphatic heterocycles. The highest BCUT2D eigenvalue weighted by molar-refractivity contribution is 7.89. The van der Waals surface area contributed by atoms with Crippen molar-refractivity contribution in [1.29, 1.82) is 0 Å². The normalized spacial score (nSPS) is 11.6. The average molecular weight is 485 g/mol. The van der Waals surface area contributed by atoms with Crippen molar-refractivity contribution in [1.82, 2.24) is 4.31 Å². The Morgan fingerprint density at radius 2 is 1.81 bits per heavy atom. The van der Waals surface area contributed by atoms with Crippen LogP contribution in [0.3, 0.4) is 0 Å². The summed E-state index contributed by atoms with van der Waals surface area (Å²) in [4.78, 5) is 24.0. The number of hydrogen-bond acceptors (Lipinski definition) is 5. The third kappa shape index (κ3) is 7.07. The maximum absolute atomic E-state index is 12.7. The number of ether oxygens (including phenoxy) is 1. The topological polar surface area (TPSA) is 92.8 Å². The predicted octanol–water partition coefficient (Wildman–Crippen LogP) is 4.22. The lowest BCUT2D eigenvalue weighted by molar-refractivity contribution is -0.142. The Morgan fingerprint density at radius 1 is 1.10 bits per heavy atom. The molecule has 2 aromatic rings. The number of nitrogens with zero attached hydrogens (tertiary/aromatic N) is 1. The molecule has 0 spiro atoms. The Morgan fingerprint density at radius 3 is 2.45 bits per heavy atom. The van der Waals surface area contributed by atoms with Gasteiger partial charge in [-0.05, 0) is 42.0 Å². The van der Waals surface area contributed by atoms with Gasteiger partial charge in [0, 0.05) is 24.2 Å². The number of nitrogens with one attached hydrogen (secondary N) is 1. The molecule has 31 heavy (non-hydrogen) atoms. The lowest BCUT2D eigenvalue weighted by Crippen LogP contribution is -2.30. The molecule has 1 amide bonds. The minimum absolute atomic E-state index is 0.00245. The van der Waals surface area contributed by atoms with Gasteiger partial charge in [0.15, 0.2) is 6.61 Å². The Hall–Kier alpha value is -2.39. The number of anilines is 1. The summed E-state index contributed by atoms with van der Waals surface area (Å²) in [7, 11) is -3.72. The molecule has 2 rings (SSSR count). The largest absolute Gasteiger partial charge is 0.452 e. The molecule has 7 nitrogen and oxygen atoms in total. The van der Waals surface area contributed by atoms with Crippen LogP contribution in [-0.4, -0.2) is 44.3 Å². The first-order valence-electron chi connectivity index (χ1n) is 9.37. The number of carbonyl (C=O) groups is 2. The fourth-order valence-corrected chi connectivity index (χ4v) is 4.47. The van der Waals surface area contributed by atoms with Crippen LogP contribution < -0.4 is 5.32 Å². The van der Waals surface area contributed by atoms with Crippen LogP contribution >= 0.6 is 23.2 Å². The molecule has 0 aromatic heterocycles. The molecule has 0 bridgehead atoms. The third-order valence-electron chi connectivity index (χ3n) is 4.16. The van der Waals surface area contributed by atoms with Gasteiger partial charge in [-0.25, -0.2) is 13.2 Å². The van der Waals surface area contributed by atoms with Crippen LogP contribution in [0.2, 0.25) is 10.0 Å². The van der Waals surface area contributed by atoms with E-state index in [-0.39, 0.29) is 15.6 Å². The third-order valence-corrected chi connectivity index (χ3v) is 6.77. The van der Waals surface area contributed by atoms with Crippen LogP contribution in [0, 0.1) is 0 Å². The van der Waals surface area contributed by atoms with E-state index in [0.29, 0.717) is 23.7 Å². The van der Waals surface area contributed by atoms with E-state index in [9.17, 15) is 18.0 Å². The molecular weight excluding hydrogens is 463 g/mol. The summed E-state index contributed by atoms with van der Waals surface area (Å²) < 4.78 is 31.5. The molecule has 10 heteroatoms. The van der Waals surface area contributed by atoms with Crippen LogP contribution in [0.15, 0.2) is 53.4 Å². The van der Waals surface area contributed by atoms with E-state index >= 15 is 0 Å². The van der Waals surface area contributed by atoms with Crippen molar-refractivity contribution in [2.45, 2.75) is 18.7 Å². The van der Waals surface area contributed by atoms with E-state index in [1.165, 1.54) is 34.7 Å². The van der Waals surface area contributed by atoms with Crippen LogP contribution in [0.25, 0.3) is 6.08 Å². The smallest absolute Gasteiger partial charge is 0.331 e. The minimum atomic E-state index is -3.72. The van der Waals surface area contributed by atoms with Gasteiger partial charge < -0.3 is 10.1 Å². The number of amides is 1. The predicted molar refractivity (Wildman–Crippen MR) is 122 cm³/mol. The first-order chi connectivity index (χ1) is 14.7. The first-order valence-corrected chi connectivity index (χ1v) is 11.6. The lowest BCUT2D eigenvalue weighted by atomic mass is 10.2. The number of esters is 1. The zero-order valence-corrected chi connectivity index (χ0v) is 19.3. The summed E-state index contributed by atoms with van der Waals surface area (Å²) in [5.74, 6) is -1.39. The fraction of sp³-hybridized carbons (Fsp3) is 0.238. The fourth-order valence-electron chi connectivity index (χ4n) is 2.62. The van der Waals surface area contributed by atoms with Gasteiger partial charge in [0.05, 0.1) is 15.6 Å². The van der Waals surface area contributed by atoms with Crippen molar-refractivity contribution in [3.8, 4) is 0 Å². The Bertz CT molecular complexity index is 1080. The van der Waals surface area contributed by atoms with Gasteiger partial charge in [-0.15, -0.1) is 0 Å². The highest BCUT2D eigenvalue weighted by Gasteiger charge is 2.23. The second kappa shape index (κ2) is 11.3. The Balaban J connectivity index is 2.01. The lowest BCUT2D eigenvalue weighted by Gasteiger charge is -2.19. The SMILES string of the molecule is CCN(CC)S(=O)(=O)c1ccc(Cl)c(NC(=O)COC(=O)C=Cc2cccc(Cl)c2)c1. The maximum atomic E-state index is 12.7. The summed E-state index contributed by atoms with van der Waals surface area (Å²) in [5.41, 5.74) is 0.803. The van der Waals surface area contributed by atoms with Crippen LogP contribution in [-0.2, 0) is 24.3 Å². The number of hydrogen-bond donors (Lipinski definition) is 1. The number of benzene rings is 2. The van der Waals surface area contributed by atoms with E-state index in [4.69, 9.17) is 27.9 Å². The molecule has 0 saturated heterocycles. The highest BCUT2D eigenvalue weighted by Crippen LogP contribution is 2.27. The molecule has 0 atom stereocenters. The quantitative estimate of drug-likeness (QED) is 0.424. The average Bonchev–Trinajstić information content (AvgIpc) is 2.73. The summed E-state index contributed by atoms with van der Waals surface area (Å²) >= 11 is 11.9. The number of carbonyl (C=O) groups excluding carboxylic acids is 2. The van der Waals surface area contributed by atoms with E-state index in [1.54, 1.807) is 38.1 Å². The molecule has 0 unspecified atom stereocenters. The second-order valence-electron chi connectivity index (χ2n) is 6.28. The van der Waals surface area contributed by atoms with E-state index in [1.807, 2.05) is 0 Å². The molecular formula is C21H22Cl2N2O5S. The molecule has 0 aliphatic rings. The highest BCUT2D eigenvalue weighted by atomic mass is 35.5. The summed E-state index contributed by atoms with van der Waals surface area (Å²) in [5, 5.41) is 3.14. The van der Waals surface area contributed by atoms with Crippen LogP contribution in [0.4, 0.5) is 5.69 Å². The van der Waals surface area contributed by atoms with Gasteiger partial charge in [-0.1, -0.05) is 49.2 Å². The van der Waals surface area contributed by atoms with Crippen LogP contribution in [0.5, 0.6) is 0 Å². The molecule has 0 saturated carbocycles. The summed E-state index contributed by atoms with van der Waals surface area (Å²) in [6, 6.07) is 10.9. The van der Waals surface area contributed by atoms with Gasteiger partial charge in [0.25, 0.3) is 5.91 Å². The number of halogens is 2. The standard InChI is InChI=1S/C21H22Cl2N2O5S/c1-3-25(4-2)31(28,29)17-9-10-18(23)19(13-17)24-20(26)14-30-21(27)11-8-15-6-5-7-16(22)12-15/h5-13H,3-4,14H2,1-2H3,(H,24,26). The van der Waals surface area contributed by atoms with Gasteiger partial charge in [-0.3, -0.25) is 4.79 Å². The number of sulfonamides is 1. The molecule has 166 valence electrons. The van der Waals surface area contributed by atoms with Gasteiger partial charge in [0.2, 0.25) is 10.0 Å². The molecule has 2 aromatic carbocycles. The Labute approximate surface area is 191 Å². The maximum Gasteiger partial charge on any atom is 0.331 e. The van der Waals surface area contributed by atoms with Gasteiger partial charge >= 0.3 is 5.97 Å². The monoisotopic (exact) mass is 484 g/mol. The van der Waals surface area contributed by atoms with E-state index < -0.39 is 28.5 Å². The van der Waals surface area contributed by atoms with E-state index in [2.05, 4.69) is 5.32 Å². The molecule has 0 radical (unpaired) electrons. The first kappa shape index (κ1) is 24.9. The zero-order valence-electron chi connectivity index (χ0n) is 17.0. The van der Waals surface area contributed by atoms with E-state index in [0.717, 1.165) is 0 Å². The second-order valence-corrected chi connectivity index (χ2v) is 9.06. The van der Waals surface area contributed by atoms with Crippen molar-refractivity contribution >= 4 is 56.9 Å². The van der Waals surface area contributed by atoms with Crippen molar-refractivity contribution in [2.24, 2.45) is 0 Å². The van der Waals surface area contributed by atoms with Crippen molar-refractivity contribution in [3.63, 3.8) is 0 Å². The number of rotatable bonds is 9. The van der Waals surface area contributed by atoms with Gasteiger partial charge in [0.1, 0.15) is 0 Å². The molecule has 0 aliphatic carbocycles. The molecule has 1 N–H and O–H groups in total. The zero-order chi connectivity index (χ0) is 23.0. The van der Waals surface area contributed by atoms with Crippen LogP contribution in [0.1, 0.15) is 19.4 Å². The molecule has 0 heterocycles. The summed E-state index contributed by atoms with van der Waals surface area (Å²) in [6.45, 7) is 3.51.